The molecule has 1 aliphatic rings. The highest BCUT2D eigenvalue weighted by Crippen LogP contribution is 2.11. The van der Waals surface area contributed by atoms with Crippen LogP contribution >= 0.6 is 0 Å². The standard InChI is InChI=1S/C27H35N9O6/c28-18(10-16-6-8-17(37)9-7-16)24(40)36-21-13-33-27(30)32-12-20(23(29)39)35-26(42)19(11-15-4-2-1-3-5-15)34-22(38)14-31-25(21)41/h1-9,18-21,37H,10-14,28H2,(H2,29,39)(H,31,41)(H,34,38)(H,35,42)(H,36,40)(H3,30,32,33)/t18-,19-,20-,21+/m0/s1. The summed E-state index contributed by atoms with van der Waals surface area (Å²) in [5.41, 5.74) is 18.8. The second-order valence-corrected chi connectivity index (χ2v) is 9.64. The van der Waals surface area contributed by atoms with Crippen molar-refractivity contribution in [1.29, 1.82) is 0 Å². The van der Waals surface area contributed by atoms with E-state index in [1.165, 1.54) is 12.1 Å². The second-order valence-electron chi connectivity index (χ2n) is 9.64. The lowest BCUT2D eigenvalue weighted by molar-refractivity contribution is -0.132. The third-order valence-electron chi connectivity index (χ3n) is 6.31. The molecule has 0 aliphatic carbocycles. The molecule has 15 nitrogen and oxygen atoms in total. The molecule has 15 heteroatoms. The first-order valence-electron chi connectivity index (χ1n) is 13.1. The van der Waals surface area contributed by atoms with Crippen molar-refractivity contribution >= 4 is 35.5 Å². The van der Waals surface area contributed by atoms with E-state index in [1.807, 2.05) is 0 Å². The van der Waals surface area contributed by atoms with Gasteiger partial charge in [0, 0.05) is 13.0 Å². The zero-order valence-corrected chi connectivity index (χ0v) is 22.7. The lowest BCUT2D eigenvalue weighted by Gasteiger charge is -2.22. The number of nitrogens with two attached hydrogens (primary N) is 3. The molecule has 2 aromatic rings. The van der Waals surface area contributed by atoms with E-state index in [9.17, 15) is 29.1 Å². The maximum Gasteiger partial charge on any atom is 0.244 e. The number of hydrogen-bond donors (Lipinski definition) is 9. The molecule has 0 aromatic heterocycles. The fourth-order valence-electron chi connectivity index (χ4n) is 3.99. The number of phenolic OH excluding ortho intramolecular Hbond substituents is 1. The van der Waals surface area contributed by atoms with Crippen molar-refractivity contribution in [2.45, 2.75) is 37.0 Å². The number of phenols is 1. The highest BCUT2D eigenvalue weighted by atomic mass is 16.3. The van der Waals surface area contributed by atoms with Crippen LogP contribution in [0.1, 0.15) is 11.1 Å². The molecule has 12 N–H and O–H groups in total. The SMILES string of the molecule is NC(=O)[C@@H]1CN=C(N)NC[C@@H](NC(=O)[C@@H](N)Cc2ccc(O)cc2)C(=O)NCC(=O)N[C@@H](Cc2ccccc2)C(=O)N1. The van der Waals surface area contributed by atoms with Crippen LogP contribution < -0.4 is 43.8 Å². The average molecular weight is 582 g/mol. The van der Waals surface area contributed by atoms with E-state index in [0.717, 1.165) is 5.56 Å². The lowest BCUT2D eigenvalue weighted by Crippen LogP contribution is -2.58. The third kappa shape index (κ3) is 9.78. The zero-order chi connectivity index (χ0) is 30.6. The second kappa shape index (κ2) is 15.0. The first-order valence-corrected chi connectivity index (χ1v) is 13.1. The summed E-state index contributed by atoms with van der Waals surface area (Å²) in [7, 11) is 0. The van der Waals surface area contributed by atoms with Gasteiger partial charge in [-0.3, -0.25) is 29.0 Å². The predicted octanol–water partition coefficient (Wildman–Crippen LogP) is -3.52. The average Bonchev–Trinajstić information content (AvgIpc) is 2.96. The monoisotopic (exact) mass is 581 g/mol. The normalized spacial score (nSPS) is 21.1. The zero-order valence-electron chi connectivity index (χ0n) is 22.7. The molecule has 5 amide bonds. The number of rotatable bonds is 7. The minimum Gasteiger partial charge on any atom is -0.508 e. The summed E-state index contributed by atoms with van der Waals surface area (Å²) in [6, 6.07) is 10.4. The molecule has 3 rings (SSSR count). The molecule has 0 saturated carbocycles. The molecule has 0 spiro atoms. The van der Waals surface area contributed by atoms with Gasteiger partial charge < -0.3 is 48.9 Å². The van der Waals surface area contributed by atoms with Gasteiger partial charge in [-0.25, -0.2) is 0 Å². The highest BCUT2D eigenvalue weighted by molar-refractivity contribution is 5.95. The Kier molecular flexibility index (Phi) is 11.2. The van der Waals surface area contributed by atoms with Crippen LogP contribution in [0.15, 0.2) is 59.6 Å². The van der Waals surface area contributed by atoms with Gasteiger partial charge in [0.15, 0.2) is 5.96 Å². The Labute approximate surface area is 241 Å². The molecular weight excluding hydrogens is 546 g/mol. The minimum atomic E-state index is -1.24. The molecule has 0 unspecified atom stereocenters. The summed E-state index contributed by atoms with van der Waals surface area (Å²) >= 11 is 0. The van der Waals surface area contributed by atoms with Gasteiger partial charge in [-0.05, 0) is 29.7 Å². The van der Waals surface area contributed by atoms with Crippen LogP contribution in [-0.2, 0) is 36.8 Å². The molecule has 4 atom stereocenters. The molecule has 0 fully saturated rings. The topological polar surface area (TPSA) is 256 Å². The summed E-state index contributed by atoms with van der Waals surface area (Å²) in [4.78, 5) is 67.7. The van der Waals surface area contributed by atoms with Crippen molar-refractivity contribution in [3.05, 3.63) is 65.7 Å². The Hall–Kier alpha value is -5.18. The molecule has 2 aromatic carbocycles. The Morgan fingerprint density at radius 3 is 2.33 bits per heavy atom. The number of amides is 5. The van der Waals surface area contributed by atoms with E-state index in [2.05, 4.69) is 31.6 Å². The maximum atomic E-state index is 13.1. The van der Waals surface area contributed by atoms with Crippen molar-refractivity contribution in [3.63, 3.8) is 0 Å². The van der Waals surface area contributed by atoms with Gasteiger partial charge in [-0.15, -0.1) is 0 Å². The molecule has 0 radical (unpaired) electrons. The summed E-state index contributed by atoms with van der Waals surface area (Å²) in [6.45, 7) is -1.09. The Balaban J connectivity index is 1.77. The van der Waals surface area contributed by atoms with Crippen LogP contribution in [0.4, 0.5) is 0 Å². The minimum absolute atomic E-state index is 0.0620. The summed E-state index contributed by atoms with van der Waals surface area (Å²) in [5.74, 6) is -3.78. The van der Waals surface area contributed by atoms with Crippen LogP contribution in [0.25, 0.3) is 0 Å². The van der Waals surface area contributed by atoms with Gasteiger partial charge in [0.2, 0.25) is 29.5 Å². The Morgan fingerprint density at radius 2 is 1.67 bits per heavy atom. The maximum absolute atomic E-state index is 13.1. The number of nitrogens with one attached hydrogen (secondary N) is 5. The smallest absolute Gasteiger partial charge is 0.244 e. The lowest BCUT2D eigenvalue weighted by atomic mass is 10.0. The van der Waals surface area contributed by atoms with Gasteiger partial charge in [0.1, 0.15) is 23.9 Å². The van der Waals surface area contributed by atoms with Crippen molar-refractivity contribution in [2.75, 3.05) is 19.6 Å². The quantitative estimate of drug-likeness (QED) is 0.157. The van der Waals surface area contributed by atoms with Gasteiger partial charge >= 0.3 is 0 Å². The van der Waals surface area contributed by atoms with Crippen LogP contribution in [0.3, 0.4) is 0 Å². The largest absolute Gasteiger partial charge is 0.508 e. The van der Waals surface area contributed by atoms with E-state index in [-0.39, 0.29) is 37.6 Å². The summed E-state index contributed by atoms with van der Waals surface area (Å²) in [5, 5.41) is 22.1. The predicted molar refractivity (Wildman–Crippen MR) is 152 cm³/mol. The van der Waals surface area contributed by atoms with Crippen molar-refractivity contribution in [2.24, 2.45) is 22.2 Å². The number of carbonyl (C=O) groups excluding carboxylic acids is 5. The number of nitrogens with zero attached hydrogens (tertiary/aromatic N) is 1. The number of carbonyl (C=O) groups is 5. The fourth-order valence-corrected chi connectivity index (χ4v) is 3.99. The van der Waals surface area contributed by atoms with E-state index in [0.29, 0.717) is 5.56 Å². The number of primary amides is 1. The van der Waals surface area contributed by atoms with Crippen LogP contribution in [-0.4, -0.2) is 84.4 Å². The summed E-state index contributed by atoms with van der Waals surface area (Å²) in [6.07, 6.45) is 0.209. The Bertz CT molecular complexity index is 1300. The van der Waals surface area contributed by atoms with Gasteiger partial charge in [-0.2, -0.15) is 0 Å². The number of guanidine groups is 1. The molecule has 224 valence electrons. The van der Waals surface area contributed by atoms with Crippen molar-refractivity contribution < 1.29 is 29.1 Å². The van der Waals surface area contributed by atoms with E-state index < -0.39 is 60.2 Å². The van der Waals surface area contributed by atoms with E-state index in [1.54, 1.807) is 42.5 Å². The highest BCUT2D eigenvalue weighted by Gasteiger charge is 2.28. The van der Waals surface area contributed by atoms with Gasteiger partial charge in [-0.1, -0.05) is 42.5 Å². The first kappa shape index (κ1) is 31.3. The molecule has 1 aliphatic heterocycles. The number of aromatic hydroxyl groups is 1. The molecule has 0 saturated heterocycles. The van der Waals surface area contributed by atoms with Gasteiger partial charge in [0.25, 0.3) is 0 Å². The fraction of sp³-hybridized carbons (Fsp3) is 0.333. The summed E-state index contributed by atoms with van der Waals surface area (Å²) < 4.78 is 0. The third-order valence-corrected chi connectivity index (χ3v) is 6.31. The molecule has 0 bridgehead atoms. The Morgan fingerprint density at radius 1 is 0.976 bits per heavy atom. The van der Waals surface area contributed by atoms with E-state index >= 15 is 0 Å². The molecule has 1 heterocycles. The van der Waals surface area contributed by atoms with Crippen LogP contribution in [0, 0.1) is 0 Å². The van der Waals surface area contributed by atoms with Crippen LogP contribution in [0.5, 0.6) is 5.75 Å². The van der Waals surface area contributed by atoms with Crippen molar-refractivity contribution in [3.8, 4) is 5.75 Å². The number of benzene rings is 2. The first-order chi connectivity index (χ1) is 20.0. The van der Waals surface area contributed by atoms with Gasteiger partial charge in [0.05, 0.1) is 19.1 Å². The number of hydrogen-bond acceptors (Lipinski definition) is 10. The molecular formula is C27H35N9O6. The van der Waals surface area contributed by atoms with Crippen molar-refractivity contribution in [1.82, 2.24) is 26.6 Å². The number of aliphatic imine (C=N–C) groups is 1. The molecule has 42 heavy (non-hydrogen) atoms. The van der Waals surface area contributed by atoms with E-state index in [4.69, 9.17) is 17.2 Å². The van der Waals surface area contributed by atoms with Crippen LogP contribution in [0.2, 0.25) is 0 Å².